The summed E-state index contributed by atoms with van der Waals surface area (Å²) in [6.07, 6.45) is 6.68. The smallest absolute Gasteiger partial charge is 0.208 e. The van der Waals surface area contributed by atoms with E-state index in [9.17, 15) is 8.42 Å². The summed E-state index contributed by atoms with van der Waals surface area (Å²) in [5.41, 5.74) is 0. The molecule has 2 aliphatic rings. The SMILES string of the molecule is CSc1ccc(S(=O)(=O)N[C@H]2C[C@@H]3CC[C@H]2C3)cc1. The Labute approximate surface area is 119 Å². The van der Waals surface area contributed by atoms with E-state index >= 15 is 0 Å². The molecule has 0 radical (unpaired) electrons. The molecule has 19 heavy (non-hydrogen) atoms. The normalized spacial score (nSPS) is 29.8. The summed E-state index contributed by atoms with van der Waals surface area (Å²) >= 11 is 1.62. The maximum atomic E-state index is 12.3. The van der Waals surface area contributed by atoms with Gasteiger partial charge in [0, 0.05) is 10.9 Å². The highest BCUT2D eigenvalue weighted by molar-refractivity contribution is 7.98. The second-order valence-electron chi connectivity index (χ2n) is 5.58. The van der Waals surface area contributed by atoms with Crippen LogP contribution in [-0.4, -0.2) is 20.7 Å². The molecule has 1 N–H and O–H groups in total. The molecule has 0 aliphatic heterocycles. The van der Waals surface area contributed by atoms with Crippen LogP contribution >= 0.6 is 11.8 Å². The summed E-state index contributed by atoms with van der Waals surface area (Å²) in [7, 11) is -3.35. The van der Waals surface area contributed by atoms with Gasteiger partial charge in [-0.05, 0) is 61.6 Å². The zero-order valence-electron chi connectivity index (χ0n) is 11.0. The van der Waals surface area contributed by atoms with E-state index in [2.05, 4.69) is 4.72 Å². The summed E-state index contributed by atoms with van der Waals surface area (Å²) < 4.78 is 27.6. The van der Waals surface area contributed by atoms with Gasteiger partial charge in [-0.2, -0.15) is 0 Å². The van der Waals surface area contributed by atoms with Gasteiger partial charge >= 0.3 is 0 Å². The van der Waals surface area contributed by atoms with Crippen LogP contribution in [0.15, 0.2) is 34.1 Å². The van der Waals surface area contributed by atoms with Crippen LogP contribution in [0.25, 0.3) is 0 Å². The topological polar surface area (TPSA) is 46.2 Å². The van der Waals surface area contributed by atoms with Crippen molar-refractivity contribution < 1.29 is 8.42 Å². The third kappa shape index (κ3) is 2.69. The van der Waals surface area contributed by atoms with Gasteiger partial charge in [0.1, 0.15) is 0 Å². The fraction of sp³-hybridized carbons (Fsp3) is 0.571. The zero-order valence-corrected chi connectivity index (χ0v) is 12.6. The summed E-state index contributed by atoms with van der Waals surface area (Å²) in [5, 5.41) is 0. The number of sulfonamides is 1. The van der Waals surface area contributed by atoms with E-state index in [-0.39, 0.29) is 6.04 Å². The average molecular weight is 297 g/mol. The molecule has 2 aliphatic carbocycles. The van der Waals surface area contributed by atoms with Crippen molar-refractivity contribution in [3.05, 3.63) is 24.3 Å². The molecule has 2 saturated carbocycles. The van der Waals surface area contributed by atoms with Crippen LogP contribution in [0.5, 0.6) is 0 Å². The van der Waals surface area contributed by atoms with Crippen LogP contribution < -0.4 is 4.72 Å². The number of hydrogen-bond acceptors (Lipinski definition) is 3. The Morgan fingerprint density at radius 2 is 1.89 bits per heavy atom. The molecule has 3 rings (SSSR count). The van der Waals surface area contributed by atoms with Gasteiger partial charge in [-0.3, -0.25) is 0 Å². The monoisotopic (exact) mass is 297 g/mol. The Morgan fingerprint density at radius 3 is 2.42 bits per heavy atom. The highest BCUT2D eigenvalue weighted by Gasteiger charge is 2.41. The molecule has 0 saturated heterocycles. The van der Waals surface area contributed by atoms with Gasteiger partial charge in [0.15, 0.2) is 0 Å². The first-order valence-electron chi connectivity index (χ1n) is 6.75. The number of rotatable bonds is 4. The quantitative estimate of drug-likeness (QED) is 0.869. The molecule has 2 fully saturated rings. The molecule has 3 atom stereocenters. The Bertz CT molecular complexity index is 553. The highest BCUT2D eigenvalue weighted by Crippen LogP contribution is 2.44. The minimum Gasteiger partial charge on any atom is -0.208 e. The second-order valence-corrected chi connectivity index (χ2v) is 8.17. The van der Waals surface area contributed by atoms with E-state index in [4.69, 9.17) is 0 Å². The zero-order chi connectivity index (χ0) is 13.5. The third-order valence-corrected chi connectivity index (χ3v) is 6.66. The lowest BCUT2D eigenvalue weighted by Crippen LogP contribution is -2.38. The number of benzene rings is 1. The summed E-state index contributed by atoms with van der Waals surface area (Å²) in [5.74, 6) is 1.31. The summed E-state index contributed by atoms with van der Waals surface area (Å²) in [6, 6.07) is 7.27. The van der Waals surface area contributed by atoms with Gasteiger partial charge in [-0.1, -0.05) is 6.42 Å². The van der Waals surface area contributed by atoms with Crippen molar-refractivity contribution >= 4 is 21.8 Å². The molecular weight excluding hydrogens is 278 g/mol. The maximum Gasteiger partial charge on any atom is 0.240 e. The second kappa shape index (κ2) is 5.11. The predicted octanol–water partition coefficient (Wildman–Crippen LogP) is 2.88. The van der Waals surface area contributed by atoms with Crippen LogP contribution in [0.2, 0.25) is 0 Å². The van der Waals surface area contributed by atoms with E-state index in [1.807, 2.05) is 18.4 Å². The number of nitrogens with one attached hydrogen (secondary N) is 1. The van der Waals surface area contributed by atoms with Crippen LogP contribution in [0.3, 0.4) is 0 Å². The minimum absolute atomic E-state index is 0.156. The first-order chi connectivity index (χ1) is 9.08. The first kappa shape index (κ1) is 13.5. The van der Waals surface area contributed by atoms with Gasteiger partial charge in [0.25, 0.3) is 0 Å². The van der Waals surface area contributed by atoms with Crippen LogP contribution in [0, 0.1) is 11.8 Å². The van der Waals surface area contributed by atoms with Gasteiger partial charge in [0.05, 0.1) is 4.90 Å². The van der Waals surface area contributed by atoms with Gasteiger partial charge in [0.2, 0.25) is 10.0 Å². The molecule has 0 aromatic heterocycles. The van der Waals surface area contributed by atoms with Crippen molar-refractivity contribution in [3.63, 3.8) is 0 Å². The van der Waals surface area contributed by atoms with E-state index in [0.29, 0.717) is 10.8 Å². The molecule has 1 aromatic rings. The van der Waals surface area contributed by atoms with Crippen molar-refractivity contribution in [2.24, 2.45) is 11.8 Å². The van der Waals surface area contributed by atoms with Crippen molar-refractivity contribution in [2.75, 3.05) is 6.26 Å². The van der Waals surface area contributed by atoms with Crippen LogP contribution in [-0.2, 0) is 10.0 Å². The Balaban J connectivity index is 1.75. The summed E-state index contributed by atoms with van der Waals surface area (Å²) in [6.45, 7) is 0. The lowest BCUT2D eigenvalue weighted by Gasteiger charge is -2.22. The molecular formula is C14H19NO2S2. The van der Waals surface area contributed by atoms with E-state index < -0.39 is 10.0 Å². The third-order valence-electron chi connectivity index (χ3n) is 4.41. The van der Waals surface area contributed by atoms with Crippen molar-refractivity contribution in [1.29, 1.82) is 0 Å². The van der Waals surface area contributed by atoms with Gasteiger partial charge < -0.3 is 0 Å². The van der Waals surface area contributed by atoms with E-state index in [1.54, 1.807) is 23.9 Å². The predicted molar refractivity (Wildman–Crippen MR) is 77.8 cm³/mol. The Kier molecular flexibility index (Phi) is 3.62. The van der Waals surface area contributed by atoms with E-state index in [0.717, 1.165) is 17.2 Å². The van der Waals surface area contributed by atoms with Gasteiger partial charge in [-0.15, -0.1) is 11.8 Å². The average Bonchev–Trinajstić information content (AvgIpc) is 3.00. The molecule has 1 aromatic carbocycles. The molecule has 0 amide bonds. The van der Waals surface area contributed by atoms with Crippen LogP contribution in [0.4, 0.5) is 0 Å². The molecule has 0 spiro atoms. The molecule has 2 bridgehead atoms. The Hall–Kier alpha value is -0.520. The fourth-order valence-electron chi connectivity index (χ4n) is 3.41. The maximum absolute atomic E-state index is 12.3. The fourth-order valence-corrected chi connectivity index (χ4v) is 5.14. The Morgan fingerprint density at radius 1 is 1.16 bits per heavy atom. The standard InChI is InChI=1S/C14H19NO2S2/c1-18-12-4-6-13(7-5-12)19(16,17)15-14-9-10-2-3-11(14)8-10/h4-7,10-11,14-15H,2-3,8-9H2,1H3/t10-,11+,14+/m1/s1. The lowest BCUT2D eigenvalue weighted by atomic mass is 9.96. The molecule has 0 unspecified atom stereocenters. The molecule has 104 valence electrons. The molecule has 0 heterocycles. The van der Waals surface area contributed by atoms with Crippen molar-refractivity contribution in [2.45, 2.75) is 41.5 Å². The number of hydrogen-bond donors (Lipinski definition) is 1. The molecule has 5 heteroatoms. The number of thioether (sulfide) groups is 1. The largest absolute Gasteiger partial charge is 0.240 e. The van der Waals surface area contributed by atoms with Crippen molar-refractivity contribution in [3.8, 4) is 0 Å². The molecule has 3 nitrogen and oxygen atoms in total. The van der Waals surface area contributed by atoms with Gasteiger partial charge in [-0.25, -0.2) is 13.1 Å². The lowest BCUT2D eigenvalue weighted by molar-refractivity contribution is 0.390. The van der Waals surface area contributed by atoms with Crippen molar-refractivity contribution in [1.82, 2.24) is 4.72 Å². The number of fused-ring (bicyclic) bond motifs is 2. The minimum atomic E-state index is -3.35. The summed E-state index contributed by atoms with van der Waals surface area (Å²) in [4.78, 5) is 1.46. The van der Waals surface area contributed by atoms with E-state index in [1.165, 1.54) is 19.3 Å². The van der Waals surface area contributed by atoms with Crippen LogP contribution in [0.1, 0.15) is 25.7 Å². The first-order valence-corrected chi connectivity index (χ1v) is 9.45. The highest BCUT2D eigenvalue weighted by atomic mass is 32.2.